The maximum atomic E-state index is 11.9. The molecule has 0 aromatic heterocycles. The van der Waals surface area contributed by atoms with E-state index in [1.54, 1.807) is 0 Å². The van der Waals surface area contributed by atoms with Crippen molar-refractivity contribution >= 4 is 5.97 Å². The van der Waals surface area contributed by atoms with E-state index in [1.165, 1.54) is 32.8 Å². The average Bonchev–Trinajstić information content (AvgIpc) is 2.58. The molecule has 1 saturated heterocycles. The van der Waals surface area contributed by atoms with E-state index < -0.39 is 43.3 Å². The third-order valence-electron chi connectivity index (χ3n) is 4.31. The molecule has 0 radical (unpaired) electrons. The van der Waals surface area contributed by atoms with Crippen molar-refractivity contribution in [1.82, 2.24) is 0 Å². The van der Waals surface area contributed by atoms with E-state index in [-0.39, 0.29) is 6.42 Å². The molecule has 0 amide bonds. The van der Waals surface area contributed by atoms with Gasteiger partial charge in [0.1, 0.15) is 18.3 Å². The summed E-state index contributed by atoms with van der Waals surface area (Å²) in [7, 11) is 1.35. The molecule has 0 aliphatic carbocycles. The third kappa shape index (κ3) is 6.64. The summed E-state index contributed by atoms with van der Waals surface area (Å²) in [6.07, 6.45) is 2.12. The first-order valence-electron chi connectivity index (χ1n) is 8.89. The molecule has 1 aliphatic heterocycles. The first kappa shape index (κ1) is 21.3. The van der Waals surface area contributed by atoms with Crippen molar-refractivity contribution in [2.75, 3.05) is 13.7 Å². The van der Waals surface area contributed by atoms with E-state index in [0.29, 0.717) is 0 Å². The summed E-state index contributed by atoms with van der Waals surface area (Å²) in [5.41, 5.74) is 0. The van der Waals surface area contributed by atoms with Gasteiger partial charge in [0.2, 0.25) is 0 Å². The summed E-state index contributed by atoms with van der Waals surface area (Å²) in [5.74, 6) is -0.451. The molecule has 142 valence electrons. The number of carbonyl (C=O) groups excluding carboxylic acids is 1. The number of ether oxygens (including phenoxy) is 3. The van der Waals surface area contributed by atoms with Gasteiger partial charge >= 0.3 is 5.97 Å². The number of unbranched alkanes of at least 4 members (excludes halogenated alkanes) is 6. The Kier molecular flexibility index (Phi) is 10.4. The van der Waals surface area contributed by atoms with Crippen LogP contribution in [0, 0.1) is 0 Å². The highest BCUT2D eigenvalue weighted by atomic mass is 16.7. The molecule has 3 N–H and O–H groups in total. The lowest BCUT2D eigenvalue weighted by atomic mass is 9.99. The summed E-state index contributed by atoms with van der Waals surface area (Å²) >= 11 is 0. The molecule has 1 heterocycles. The van der Waals surface area contributed by atoms with E-state index in [0.717, 1.165) is 19.3 Å². The van der Waals surface area contributed by atoms with Crippen molar-refractivity contribution in [2.24, 2.45) is 0 Å². The molecule has 24 heavy (non-hydrogen) atoms. The van der Waals surface area contributed by atoms with E-state index in [1.807, 2.05) is 0 Å². The van der Waals surface area contributed by atoms with Gasteiger partial charge in [-0.2, -0.15) is 0 Å². The molecule has 7 heteroatoms. The standard InChI is InChI=1S/C17H32O7/c1-3-4-5-6-7-8-9-10-13(19)24-16-15(21)14(20)12(11-18)23-17(16)22-2/h12,14-18,20-21H,3-11H2,1-2H3/t12-,14-,15+,16-,17?/m1/s1. The van der Waals surface area contributed by atoms with Crippen molar-refractivity contribution in [3.05, 3.63) is 0 Å². The van der Waals surface area contributed by atoms with E-state index >= 15 is 0 Å². The highest BCUT2D eigenvalue weighted by Gasteiger charge is 2.46. The zero-order chi connectivity index (χ0) is 17.9. The van der Waals surface area contributed by atoms with Crippen LogP contribution in [0.2, 0.25) is 0 Å². The van der Waals surface area contributed by atoms with Crippen LogP contribution in [0.15, 0.2) is 0 Å². The Bertz CT molecular complexity index is 348. The van der Waals surface area contributed by atoms with Crippen LogP contribution < -0.4 is 0 Å². The number of aliphatic hydroxyl groups excluding tert-OH is 3. The molecule has 0 aromatic carbocycles. The number of hydrogen-bond donors (Lipinski definition) is 3. The quantitative estimate of drug-likeness (QED) is 0.379. The summed E-state index contributed by atoms with van der Waals surface area (Å²) < 4.78 is 15.6. The zero-order valence-electron chi connectivity index (χ0n) is 14.7. The SMILES string of the molecule is CCCCCCCCCC(=O)O[C@H]1C(OC)O[C@H](CO)[C@@H](O)[C@@H]1O. The maximum absolute atomic E-state index is 11.9. The van der Waals surface area contributed by atoms with Crippen LogP contribution in [0.5, 0.6) is 0 Å². The minimum absolute atomic E-state index is 0.257. The maximum Gasteiger partial charge on any atom is 0.306 e. The second-order valence-corrected chi connectivity index (χ2v) is 6.27. The Labute approximate surface area is 143 Å². The largest absolute Gasteiger partial charge is 0.454 e. The lowest BCUT2D eigenvalue weighted by Gasteiger charge is -2.40. The number of hydrogen-bond acceptors (Lipinski definition) is 7. The van der Waals surface area contributed by atoms with Crippen LogP contribution in [0.1, 0.15) is 58.3 Å². The monoisotopic (exact) mass is 348 g/mol. The van der Waals surface area contributed by atoms with Crippen molar-refractivity contribution in [3.63, 3.8) is 0 Å². The molecule has 5 atom stereocenters. The molecule has 1 unspecified atom stereocenters. The zero-order valence-corrected chi connectivity index (χ0v) is 14.7. The van der Waals surface area contributed by atoms with Gasteiger partial charge < -0.3 is 29.5 Å². The summed E-state index contributed by atoms with van der Waals surface area (Å²) in [6.45, 7) is 1.71. The van der Waals surface area contributed by atoms with Gasteiger partial charge in [0.15, 0.2) is 12.4 Å². The van der Waals surface area contributed by atoms with Gasteiger partial charge in [-0.1, -0.05) is 45.4 Å². The van der Waals surface area contributed by atoms with Crippen LogP contribution >= 0.6 is 0 Å². The fourth-order valence-corrected chi connectivity index (χ4v) is 2.81. The average molecular weight is 348 g/mol. The summed E-state index contributed by atoms with van der Waals surface area (Å²) in [5, 5.41) is 29.1. The Balaban J connectivity index is 2.33. The van der Waals surface area contributed by atoms with Gasteiger partial charge in [-0.25, -0.2) is 0 Å². The predicted octanol–water partition coefficient (Wildman–Crippen LogP) is 1.12. The summed E-state index contributed by atoms with van der Waals surface area (Å²) in [6, 6.07) is 0. The predicted molar refractivity (Wildman–Crippen MR) is 87.3 cm³/mol. The Morgan fingerprint density at radius 2 is 1.67 bits per heavy atom. The van der Waals surface area contributed by atoms with Crippen molar-refractivity contribution in [2.45, 2.75) is 89.0 Å². The number of esters is 1. The normalized spacial score (nSPS) is 30.3. The molecule has 0 spiro atoms. The molecular weight excluding hydrogens is 316 g/mol. The van der Waals surface area contributed by atoms with Crippen LogP contribution in [0.3, 0.4) is 0 Å². The van der Waals surface area contributed by atoms with E-state index in [4.69, 9.17) is 19.3 Å². The lowest BCUT2D eigenvalue weighted by Crippen LogP contribution is -2.60. The van der Waals surface area contributed by atoms with Crippen molar-refractivity contribution in [1.29, 1.82) is 0 Å². The van der Waals surface area contributed by atoms with Gasteiger partial charge in [-0.05, 0) is 6.42 Å². The van der Waals surface area contributed by atoms with Gasteiger partial charge in [-0.15, -0.1) is 0 Å². The van der Waals surface area contributed by atoms with Crippen LogP contribution in [0.4, 0.5) is 0 Å². The second kappa shape index (κ2) is 11.8. The summed E-state index contributed by atoms with van der Waals surface area (Å²) in [4.78, 5) is 11.9. The number of aliphatic hydroxyl groups is 3. The highest BCUT2D eigenvalue weighted by Crippen LogP contribution is 2.24. The second-order valence-electron chi connectivity index (χ2n) is 6.27. The Morgan fingerprint density at radius 3 is 2.25 bits per heavy atom. The smallest absolute Gasteiger partial charge is 0.306 e. The van der Waals surface area contributed by atoms with Gasteiger partial charge in [0, 0.05) is 13.5 Å². The third-order valence-corrected chi connectivity index (χ3v) is 4.31. The molecule has 0 aromatic rings. The molecule has 1 rings (SSSR count). The molecular formula is C17H32O7. The molecule has 7 nitrogen and oxygen atoms in total. The molecule has 1 aliphatic rings. The lowest BCUT2D eigenvalue weighted by molar-refractivity contribution is -0.298. The minimum Gasteiger partial charge on any atom is -0.454 e. The van der Waals surface area contributed by atoms with Gasteiger partial charge in [0.25, 0.3) is 0 Å². The van der Waals surface area contributed by atoms with Crippen molar-refractivity contribution in [3.8, 4) is 0 Å². The van der Waals surface area contributed by atoms with Crippen LogP contribution in [-0.2, 0) is 19.0 Å². The highest BCUT2D eigenvalue weighted by molar-refractivity contribution is 5.69. The minimum atomic E-state index is -1.36. The van der Waals surface area contributed by atoms with Crippen LogP contribution in [0.25, 0.3) is 0 Å². The van der Waals surface area contributed by atoms with Gasteiger partial charge in [-0.3, -0.25) is 4.79 Å². The molecule has 1 fully saturated rings. The fourth-order valence-electron chi connectivity index (χ4n) is 2.81. The van der Waals surface area contributed by atoms with E-state index in [9.17, 15) is 15.0 Å². The van der Waals surface area contributed by atoms with E-state index in [2.05, 4.69) is 6.92 Å². The number of methoxy groups -OCH3 is 1. The molecule has 0 saturated carbocycles. The first-order valence-corrected chi connectivity index (χ1v) is 8.89. The van der Waals surface area contributed by atoms with Crippen molar-refractivity contribution < 1.29 is 34.3 Å². The number of carbonyl (C=O) groups is 1. The Morgan fingerprint density at radius 1 is 1.04 bits per heavy atom. The fraction of sp³-hybridized carbons (Fsp3) is 0.941. The van der Waals surface area contributed by atoms with Crippen LogP contribution in [-0.4, -0.2) is 65.7 Å². The Hall–Kier alpha value is -0.730. The first-order chi connectivity index (χ1) is 11.5. The number of rotatable bonds is 11. The molecule has 0 bridgehead atoms. The van der Waals surface area contributed by atoms with Gasteiger partial charge in [0.05, 0.1) is 6.61 Å². The topological polar surface area (TPSA) is 105 Å².